The summed E-state index contributed by atoms with van der Waals surface area (Å²) in [7, 11) is 0. The van der Waals surface area contributed by atoms with Gasteiger partial charge >= 0.3 is 6.03 Å². The number of amides is 3. The maximum absolute atomic E-state index is 13.8. The van der Waals surface area contributed by atoms with Crippen LogP contribution in [0.4, 0.5) is 4.79 Å². The zero-order valence-corrected chi connectivity index (χ0v) is 17.3. The molecule has 0 saturated carbocycles. The summed E-state index contributed by atoms with van der Waals surface area (Å²) >= 11 is 0. The maximum Gasteiger partial charge on any atom is 0.326 e. The topological polar surface area (TPSA) is 52.7 Å². The number of carbonyl (C=O) groups excluding carboxylic acids is 2. The molecule has 5 heteroatoms. The maximum atomic E-state index is 13.8. The highest BCUT2D eigenvalue weighted by Gasteiger charge is 2.52. The summed E-state index contributed by atoms with van der Waals surface area (Å²) in [6, 6.07) is 27.5. The van der Waals surface area contributed by atoms with Gasteiger partial charge in [-0.15, -0.1) is 0 Å². The van der Waals surface area contributed by atoms with E-state index in [4.69, 9.17) is 0 Å². The summed E-state index contributed by atoms with van der Waals surface area (Å²) in [5, 5.41) is 3.05. The quantitative estimate of drug-likeness (QED) is 0.652. The number of hydrogen-bond donors (Lipinski definition) is 1. The van der Waals surface area contributed by atoms with E-state index in [1.807, 2.05) is 66.7 Å². The van der Waals surface area contributed by atoms with Gasteiger partial charge in [0, 0.05) is 19.5 Å². The lowest BCUT2D eigenvalue weighted by atomic mass is 9.83. The van der Waals surface area contributed by atoms with Crippen LogP contribution in [0.3, 0.4) is 0 Å². The molecule has 2 aliphatic rings. The first kappa shape index (κ1) is 19.5. The summed E-state index contributed by atoms with van der Waals surface area (Å²) in [6.07, 6.45) is 1.34. The van der Waals surface area contributed by atoms with Crippen LogP contribution in [0.1, 0.15) is 22.3 Å². The second-order valence-electron chi connectivity index (χ2n) is 8.31. The van der Waals surface area contributed by atoms with Gasteiger partial charge in [-0.05, 0) is 28.7 Å². The third-order valence-electron chi connectivity index (χ3n) is 6.31. The standard InChI is InChI=1S/C26H25N3O2/c30-24-26(23-13-5-2-6-14-23,17-20-9-3-1-4-10-20)27-25(31)29(24)19-28-16-15-21-11-7-8-12-22(21)18-28/h1-14H,15-19H2,(H,27,31)/t26-/m1/s1. The summed E-state index contributed by atoms with van der Waals surface area (Å²) in [6.45, 7) is 1.86. The molecule has 2 aliphatic heterocycles. The Kier molecular flexibility index (Phi) is 5.04. The highest BCUT2D eigenvalue weighted by molar-refractivity contribution is 6.07. The van der Waals surface area contributed by atoms with Gasteiger partial charge in [0.05, 0.1) is 6.67 Å². The molecule has 5 nitrogen and oxygen atoms in total. The molecular formula is C26H25N3O2. The fourth-order valence-corrected chi connectivity index (χ4v) is 4.67. The zero-order chi connectivity index (χ0) is 21.3. The number of fused-ring (bicyclic) bond motifs is 1. The molecular weight excluding hydrogens is 386 g/mol. The molecule has 0 unspecified atom stereocenters. The largest absolute Gasteiger partial charge is 0.326 e. The first-order valence-corrected chi connectivity index (χ1v) is 10.7. The van der Waals surface area contributed by atoms with E-state index in [2.05, 4.69) is 28.4 Å². The second-order valence-corrected chi connectivity index (χ2v) is 8.31. The number of nitrogens with one attached hydrogen (secondary N) is 1. The van der Waals surface area contributed by atoms with Crippen LogP contribution in [0.2, 0.25) is 0 Å². The van der Waals surface area contributed by atoms with Gasteiger partial charge in [0.15, 0.2) is 5.54 Å². The molecule has 5 rings (SSSR count). The smallest absolute Gasteiger partial charge is 0.319 e. The number of carbonyl (C=O) groups is 2. The Morgan fingerprint density at radius 3 is 2.19 bits per heavy atom. The molecule has 156 valence electrons. The molecule has 2 heterocycles. The number of rotatable bonds is 5. The monoisotopic (exact) mass is 411 g/mol. The van der Waals surface area contributed by atoms with Gasteiger partial charge in [-0.25, -0.2) is 9.69 Å². The van der Waals surface area contributed by atoms with Crippen molar-refractivity contribution in [1.82, 2.24) is 15.1 Å². The fraction of sp³-hybridized carbons (Fsp3) is 0.231. The van der Waals surface area contributed by atoms with E-state index in [0.717, 1.165) is 30.6 Å². The average Bonchev–Trinajstić information content (AvgIpc) is 3.05. The van der Waals surface area contributed by atoms with Crippen molar-refractivity contribution >= 4 is 11.9 Å². The lowest BCUT2D eigenvalue weighted by Gasteiger charge is -2.32. The summed E-state index contributed by atoms with van der Waals surface area (Å²) in [4.78, 5) is 30.4. The molecule has 0 bridgehead atoms. The molecule has 0 spiro atoms. The minimum absolute atomic E-state index is 0.189. The van der Waals surface area contributed by atoms with Crippen molar-refractivity contribution in [2.45, 2.75) is 24.9 Å². The Balaban J connectivity index is 1.43. The molecule has 0 radical (unpaired) electrons. The third-order valence-corrected chi connectivity index (χ3v) is 6.31. The second kappa shape index (κ2) is 8.00. The van der Waals surface area contributed by atoms with E-state index in [0.29, 0.717) is 13.1 Å². The van der Waals surface area contributed by atoms with E-state index in [1.165, 1.54) is 16.0 Å². The van der Waals surface area contributed by atoms with Gasteiger partial charge in [-0.3, -0.25) is 9.69 Å². The van der Waals surface area contributed by atoms with Crippen molar-refractivity contribution < 1.29 is 9.59 Å². The van der Waals surface area contributed by atoms with E-state index in [9.17, 15) is 9.59 Å². The van der Waals surface area contributed by atoms with Crippen LogP contribution in [0.5, 0.6) is 0 Å². The Hall–Kier alpha value is -3.44. The SMILES string of the molecule is O=C1N[C@](Cc2ccccc2)(c2ccccc2)C(=O)N1CN1CCc2ccccc2C1. The average molecular weight is 412 g/mol. The molecule has 0 aromatic heterocycles. The van der Waals surface area contributed by atoms with Crippen LogP contribution in [-0.2, 0) is 29.7 Å². The van der Waals surface area contributed by atoms with Crippen LogP contribution in [0.25, 0.3) is 0 Å². The van der Waals surface area contributed by atoms with Crippen molar-refractivity contribution in [2.75, 3.05) is 13.2 Å². The van der Waals surface area contributed by atoms with Crippen LogP contribution in [0, 0.1) is 0 Å². The summed E-state index contributed by atoms with van der Waals surface area (Å²) in [5.41, 5.74) is 3.34. The van der Waals surface area contributed by atoms with Gasteiger partial charge < -0.3 is 5.32 Å². The van der Waals surface area contributed by atoms with Gasteiger partial charge in [0.1, 0.15) is 0 Å². The third kappa shape index (κ3) is 3.62. The van der Waals surface area contributed by atoms with Gasteiger partial charge in [0.2, 0.25) is 0 Å². The Morgan fingerprint density at radius 2 is 1.45 bits per heavy atom. The summed E-state index contributed by atoms with van der Waals surface area (Å²) in [5.74, 6) is -0.189. The Bertz CT molecular complexity index is 1100. The predicted octanol–water partition coefficient (Wildman–Crippen LogP) is 3.69. The molecule has 31 heavy (non-hydrogen) atoms. The van der Waals surface area contributed by atoms with Crippen LogP contribution >= 0.6 is 0 Å². The molecule has 1 atom stereocenters. The van der Waals surface area contributed by atoms with E-state index >= 15 is 0 Å². The van der Waals surface area contributed by atoms with Crippen molar-refractivity contribution in [1.29, 1.82) is 0 Å². The van der Waals surface area contributed by atoms with E-state index < -0.39 is 5.54 Å². The number of benzene rings is 3. The molecule has 3 amide bonds. The van der Waals surface area contributed by atoms with Crippen molar-refractivity contribution in [3.63, 3.8) is 0 Å². The first-order chi connectivity index (χ1) is 15.2. The molecule has 3 aromatic carbocycles. The van der Waals surface area contributed by atoms with Crippen LogP contribution in [0.15, 0.2) is 84.9 Å². The van der Waals surface area contributed by atoms with Crippen molar-refractivity contribution in [2.24, 2.45) is 0 Å². The number of nitrogens with zero attached hydrogens (tertiary/aromatic N) is 2. The van der Waals surface area contributed by atoms with Crippen molar-refractivity contribution in [3.05, 3.63) is 107 Å². The number of urea groups is 1. The molecule has 0 aliphatic carbocycles. The molecule has 1 fully saturated rings. The zero-order valence-electron chi connectivity index (χ0n) is 17.3. The van der Waals surface area contributed by atoms with Crippen LogP contribution in [-0.4, -0.2) is 35.0 Å². The van der Waals surface area contributed by atoms with Crippen LogP contribution < -0.4 is 5.32 Å². The van der Waals surface area contributed by atoms with Gasteiger partial charge in [-0.2, -0.15) is 0 Å². The lowest BCUT2D eigenvalue weighted by molar-refractivity contribution is -0.133. The summed E-state index contributed by atoms with van der Waals surface area (Å²) < 4.78 is 0. The Labute approximate surface area is 182 Å². The van der Waals surface area contributed by atoms with Gasteiger partial charge in [-0.1, -0.05) is 84.9 Å². The molecule has 1 saturated heterocycles. The Morgan fingerprint density at radius 1 is 0.806 bits per heavy atom. The van der Waals surface area contributed by atoms with E-state index in [1.54, 1.807) is 0 Å². The molecule has 3 aromatic rings. The molecule has 1 N–H and O–H groups in total. The van der Waals surface area contributed by atoms with E-state index in [-0.39, 0.29) is 11.9 Å². The fourth-order valence-electron chi connectivity index (χ4n) is 4.67. The lowest BCUT2D eigenvalue weighted by Crippen LogP contribution is -2.47. The number of imide groups is 1. The number of hydrogen-bond acceptors (Lipinski definition) is 3. The highest BCUT2D eigenvalue weighted by atomic mass is 16.2. The first-order valence-electron chi connectivity index (χ1n) is 10.7. The minimum Gasteiger partial charge on any atom is -0.319 e. The minimum atomic E-state index is -1.09. The normalized spacial score (nSPS) is 21.1. The highest BCUT2D eigenvalue weighted by Crippen LogP contribution is 2.33. The van der Waals surface area contributed by atoms with Crippen molar-refractivity contribution in [3.8, 4) is 0 Å². The van der Waals surface area contributed by atoms with Gasteiger partial charge in [0.25, 0.3) is 5.91 Å². The predicted molar refractivity (Wildman–Crippen MR) is 119 cm³/mol.